The fourth-order valence-corrected chi connectivity index (χ4v) is 2.63. The molecule has 22 heavy (non-hydrogen) atoms. The van der Waals surface area contributed by atoms with Crippen LogP contribution in [0.3, 0.4) is 0 Å². The minimum absolute atomic E-state index is 0.171. The summed E-state index contributed by atoms with van der Waals surface area (Å²) in [5, 5.41) is 2.96. The maximum atomic E-state index is 12.2. The lowest BCUT2D eigenvalue weighted by Gasteiger charge is -2.08. The zero-order valence-corrected chi connectivity index (χ0v) is 13.1. The number of esters is 1. The Kier molecular flexibility index (Phi) is 4.32. The maximum absolute atomic E-state index is 12.2. The Hall–Kier alpha value is -2.03. The number of halogens is 2. The molecule has 0 aliphatic rings. The van der Waals surface area contributed by atoms with Crippen LogP contribution in [0.25, 0.3) is 10.8 Å². The fraction of sp³-hybridized carbons (Fsp3) is 0.0556. The molecule has 2 nitrogen and oxygen atoms in total. The van der Waals surface area contributed by atoms with E-state index in [0.29, 0.717) is 10.0 Å². The van der Waals surface area contributed by atoms with Crippen LogP contribution in [0.15, 0.2) is 60.7 Å². The topological polar surface area (TPSA) is 26.3 Å². The number of hydrogen-bond acceptors (Lipinski definition) is 2. The van der Waals surface area contributed by atoms with Crippen LogP contribution in [-0.2, 0) is 11.2 Å². The Morgan fingerprint density at radius 2 is 1.73 bits per heavy atom. The summed E-state index contributed by atoms with van der Waals surface area (Å²) in [5.74, 6) is -0.0973. The highest BCUT2D eigenvalue weighted by Crippen LogP contribution is 2.28. The predicted octanol–water partition coefficient (Wildman–Crippen LogP) is 5.29. The van der Waals surface area contributed by atoms with Crippen LogP contribution in [0.5, 0.6) is 5.75 Å². The van der Waals surface area contributed by atoms with Gasteiger partial charge in [0.05, 0.1) is 11.4 Å². The van der Waals surface area contributed by atoms with Crippen molar-refractivity contribution in [2.45, 2.75) is 6.42 Å². The monoisotopic (exact) mass is 330 g/mol. The van der Waals surface area contributed by atoms with Crippen LogP contribution in [0.2, 0.25) is 10.0 Å². The van der Waals surface area contributed by atoms with E-state index < -0.39 is 0 Å². The van der Waals surface area contributed by atoms with Crippen LogP contribution in [0, 0.1) is 0 Å². The van der Waals surface area contributed by atoms with Gasteiger partial charge in [0.25, 0.3) is 0 Å². The molecular formula is C18H12Cl2O2. The van der Waals surface area contributed by atoms with Crippen molar-refractivity contribution in [3.8, 4) is 5.75 Å². The Morgan fingerprint density at radius 1 is 0.955 bits per heavy atom. The minimum Gasteiger partial charge on any atom is -0.425 e. The Labute approximate surface area is 138 Å². The van der Waals surface area contributed by atoms with Crippen molar-refractivity contribution >= 4 is 39.9 Å². The lowest BCUT2D eigenvalue weighted by Crippen LogP contribution is -2.11. The third-order valence-corrected chi connectivity index (χ3v) is 3.88. The van der Waals surface area contributed by atoms with E-state index in [1.54, 1.807) is 12.1 Å². The summed E-state index contributed by atoms with van der Waals surface area (Å²) in [6, 6.07) is 18.6. The number of hydrogen-bond donors (Lipinski definition) is 0. The third kappa shape index (κ3) is 3.24. The van der Waals surface area contributed by atoms with Crippen molar-refractivity contribution < 1.29 is 9.53 Å². The van der Waals surface area contributed by atoms with Crippen molar-refractivity contribution in [3.05, 3.63) is 76.3 Å². The van der Waals surface area contributed by atoms with Gasteiger partial charge in [-0.05, 0) is 28.5 Å². The molecule has 0 spiro atoms. The van der Waals surface area contributed by atoms with Crippen molar-refractivity contribution in [2.24, 2.45) is 0 Å². The molecule has 3 aromatic rings. The number of carbonyl (C=O) groups is 1. The smallest absolute Gasteiger partial charge is 0.315 e. The molecule has 3 aromatic carbocycles. The van der Waals surface area contributed by atoms with Gasteiger partial charge in [-0.1, -0.05) is 65.7 Å². The molecule has 0 amide bonds. The average Bonchev–Trinajstić information content (AvgIpc) is 2.51. The molecular weight excluding hydrogens is 319 g/mol. The van der Waals surface area contributed by atoms with E-state index in [4.69, 9.17) is 27.9 Å². The van der Waals surface area contributed by atoms with E-state index in [1.807, 2.05) is 42.5 Å². The van der Waals surface area contributed by atoms with Gasteiger partial charge < -0.3 is 4.74 Å². The molecule has 4 heteroatoms. The van der Waals surface area contributed by atoms with Crippen molar-refractivity contribution in [3.63, 3.8) is 0 Å². The van der Waals surface area contributed by atoms with Gasteiger partial charge in [-0.25, -0.2) is 0 Å². The van der Waals surface area contributed by atoms with Crippen molar-refractivity contribution in [1.29, 1.82) is 0 Å². The lowest BCUT2D eigenvalue weighted by molar-refractivity contribution is -0.133. The molecule has 0 aliphatic carbocycles. The number of rotatable bonds is 3. The fourth-order valence-electron chi connectivity index (χ4n) is 2.32. The molecule has 0 saturated carbocycles. The highest BCUT2D eigenvalue weighted by atomic mass is 35.5. The van der Waals surface area contributed by atoms with Crippen LogP contribution in [0.1, 0.15) is 5.56 Å². The summed E-state index contributed by atoms with van der Waals surface area (Å²) in [5.41, 5.74) is 0.918. The summed E-state index contributed by atoms with van der Waals surface area (Å²) in [6.45, 7) is 0. The average molecular weight is 331 g/mol. The Morgan fingerprint density at radius 3 is 2.59 bits per heavy atom. The van der Waals surface area contributed by atoms with Crippen LogP contribution in [0.4, 0.5) is 0 Å². The second-order valence-corrected chi connectivity index (χ2v) is 5.71. The van der Waals surface area contributed by atoms with E-state index >= 15 is 0 Å². The van der Waals surface area contributed by atoms with Gasteiger partial charge >= 0.3 is 5.97 Å². The van der Waals surface area contributed by atoms with Gasteiger partial charge in [0.1, 0.15) is 0 Å². The molecule has 0 atom stereocenters. The van der Waals surface area contributed by atoms with Gasteiger partial charge in [0.2, 0.25) is 0 Å². The van der Waals surface area contributed by atoms with Gasteiger partial charge in [0, 0.05) is 11.1 Å². The Balaban J connectivity index is 1.83. The highest BCUT2D eigenvalue weighted by molar-refractivity contribution is 6.34. The molecule has 3 rings (SSSR count). The summed E-state index contributed by atoms with van der Waals surface area (Å²) in [7, 11) is 0. The zero-order valence-electron chi connectivity index (χ0n) is 11.6. The first-order chi connectivity index (χ1) is 10.6. The van der Waals surface area contributed by atoms with Crippen molar-refractivity contribution in [1.82, 2.24) is 0 Å². The largest absolute Gasteiger partial charge is 0.425 e. The second kappa shape index (κ2) is 6.39. The van der Waals surface area contributed by atoms with Crippen LogP contribution in [-0.4, -0.2) is 5.97 Å². The molecule has 0 bridgehead atoms. The van der Waals surface area contributed by atoms with E-state index in [2.05, 4.69) is 0 Å². The number of benzene rings is 3. The molecule has 0 unspecified atom stereocenters. The number of ether oxygens (including phenoxy) is 1. The highest BCUT2D eigenvalue weighted by Gasteiger charge is 2.11. The van der Waals surface area contributed by atoms with E-state index in [-0.39, 0.29) is 18.1 Å². The molecule has 0 radical (unpaired) electrons. The predicted molar refractivity (Wildman–Crippen MR) is 89.7 cm³/mol. The number of fused-ring (bicyclic) bond motifs is 1. The summed E-state index contributed by atoms with van der Waals surface area (Å²) >= 11 is 11.9. The molecule has 0 fully saturated rings. The van der Waals surface area contributed by atoms with Gasteiger partial charge in [-0.15, -0.1) is 0 Å². The summed E-state index contributed by atoms with van der Waals surface area (Å²) < 4.78 is 5.32. The first kappa shape index (κ1) is 14.9. The molecule has 0 heterocycles. The third-order valence-electron chi connectivity index (χ3n) is 3.33. The quantitative estimate of drug-likeness (QED) is 0.481. The van der Waals surface area contributed by atoms with Gasteiger partial charge in [0.15, 0.2) is 5.75 Å². The summed E-state index contributed by atoms with van der Waals surface area (Å²) in [4.78, 5) is 12.2. The van der Waals surface area contributed by atoms with E-state index in [1.165, 1.54) is 6.07 Å². The van der Waals surface area contributed by atoms with Gasteiger partial charge in [-0.3, -0.25) is 4.79 Å². The standard InChI is InChI=1S/C18H12Cl2O2/c19-14-8-9-16(20)17(11-14)22-18(21)10-13-6-3-5-12-4-1-2-7-15(12)13/h1-9,11H,10H2. The van der Waals surface area contributed by atoms with Gasteiger partial charge in [-0.2, -0.15) is 0 Å². The Bertz CT molecular complexity index is 838. The normalized spacial score (nSPS) is 10.6. The molecule has 110 valence electrons. The second-order valence-electron chi connectivity index (χ2n) is 4.86. The van der Waals surface area contributed by atoms with E-state index in [0.717, 1.165) is 16.3 Å². The van der Waals surface area contributed by atoms with Crippen molar-refractivity contribution in [2.75, 3.05) is 0 Å². The lowest BCUT2D eigenvalue weighted by atomic mass is 10.0. The molecule has 0 saturated heterocycles. The summed E-state index contributed by atoms with van der Waals surface area (Å²) in [6.07, 6.45) is 0.171. The maximum Gasteiger partial charge on any atom is 0.315 e. The van der Waals surface area contributed by atoms with Crippen LogP contribution >= 0.6 is 23.2 Å². The first-order valence-corrected chi connectivity index (χ1v) is 7.51. The first-order valence-electron chi connectivity index (χ1n) is 6.76. The molecule has 0 aromatic heterocycles. The minimum atomic E-state index is -0.375. The van der Waals surface area contributed by atoms with Crippen LogP contribution < -0.4 is 4.74 Å². The molecule has 0 aliphatic heterocycles. The SMILES string of the molecule is O=C(Cc1cccc2ccccc12)Oc1cc(Cl)ccc1Cl. The molecule has 0 N–H and O–H groups in total. The zero-order chi connectivity index (χ0) is 15.5. The number of carbonyl (C=O) groups excluding carboxylic acids is 1. The van der Waals surface area contributed by atoms with E-state index in [9.17, 15) is 4.79 Å².